The maximum absolute atomic E-state index is 11.7. The summed E-state index contributed by atoms with van der Waals surface area (Å²) in [7, 11) is 0.615. The van der Waals surface area contributed by atoms with Gasteiger partial charge in [-0.3, -0.25) is 4.79 Å². The fourth-order valence-electron chi connectivity index (χ4n) is 1.36. The van der Waals surface area contributed by atoms with Crippen LogP contribution in [0.4, 0.5) is 0 Å². The number of benzene rings is 1. The molecule has 6 heteroatoms. The molecule has 0 unspecified atom stereocenters. The highest BCUT2D eigenvalue weighted by Crippen LogP contribution is 2.11. The summed E-state index contributed by atoms with van der Waals surface area (Å²) in [6.07, 6.45) is 1.58. The van der Waals surface area contributed by atoms with Gasteiger partial charge in [-0.15, -0.1) is 0 Å². The number of hydrogen-bond acceptors (Lipinski definition) is 4. The van der Waals surface area contributed by atoms with E-state index in [4.69, 9.17) is 0 Å². The summed E-state index contributed by atoms with van der Waals surface area (Å²) in [5.74, 6) is 0.0266. The third-order valence-electron chi connectivity index (χ3n) is 2.39. The fraction of sp³-hybridized carbons (Fsp3) is 0.417. The van der Waals surface area contributed by atoms with Crippen LogP contribution in [0, 0.1) is 0 Å². The van der Waals surface area contributed by atoms with Gasteiger partial charge in [-0.1, -0.05) is 12.1 Å². The minimum Gasteiger partial charge on any atom is -1.00 e. The van der Waals surface area contributed by atoms with Gasteiger partial charge in [-0.05, 0) is 26.2 Å². The first-order chi connectivity index (χ1) is 7.80. The molecule has 0 spiro atoms. The first kappa shape index (κ1) is 17.1. The van der Waals surface area contributed by atoms with Crippen molar-refractivity contribution in [1.29, 1.82) is 0 Å². The minimum atomic E-state index is -3.19. The minimum absolute atomic E-state index is 0. The van der Waals surface area contributed by atoms with Crippen molar-refractivity contribution in [1.82, 2.24) is 4.90 Å². The third kappa shape index (κ3) is 5.16. The molecule has 0 aliphatic carbocycles. The molecular formula is C12H17ClNO3S-. The normalized spacial score (nSPS) is 11.1. The van der Waals surface area contributed by atoms with Crippen molar-refractivity contribution in [2.45, 2.75) is 11.3 Å². The van der Waals surface area contributed by atoms with Crippen LogP contribution in [0.5, 0.6) is 0 Å². The standard InChI is InChI=1S/C12H17NO3S.ClH/c1-13(2)9-8-12(14)10-4-6-11(7-5-10)17(3,15)16;/h4-7H,8-9H2,1-3H3;1H/p-1. The van der Waals surface area contributed by atoms with Crippen LogP contribution in [-0.4, -0.2) is 46.0 Å². The van der Waals surface area contributed by atoms with Crippen LogP contribution < -0.4 is 12.4 Å². The van der Waals surface area contributed by atoms with Gasteiger partial charge in [0.2, 0.25) is 0 Å². The Morgan fingerprint density at radius 1 is 1.17 bits per heavy atom. The maximum atomic E-state index is 11.7. The lowest BCUT2D eigenvalue weighted by atomic mass is 10.1. The lowest BCUT2D eigenvalue weighted by Crippen LogP contribution is -3.00. The lowest BCUT2D eigenvalue weighted by Gasteiger charge is -2.08. The van der Waals surface area contributed by atoms with Crippen molar-refractivity contribution in [3.05, 3.63) is 29.8 Å². The topological polar surface area (TPSA) is 54.5 Å². The highest BCUT2D eigenvalue weighted by atomic mass is 35.5. The van der Waals surface area contributed by atoms with Gasteiger partial charge in [0.25, 0.3) is 0 Å². The molecule has 1 aromatic rings. The second-order valence-corrected chi connectivity index (χ2v) is 6.29. The van der Waals surface area contributed by atoms with Crippen molar-refractivity contribution in [3.8, 4) is 0 Å². The summed E-state index contributed by atoms with van der Waals surface area (Å²) in [5, 5.41) is 0. The van der Waals surface area contributed by atoms with Gasteiger partial charge in [0, 0.05) is 24.8 Å². The van der Waals surface area contributed by atoms with Gasteiger partial charge in [-0.25, -0.2) is 8.42 Å². The van der Waals surface area contributed by atoms with Gasteiger partial charge in [0.1, 0.15) is 0 Å². The predicted molar refractivity (Wildman–Crippen MR) is 67.1 cm³/mol. The molecule has 102 valence electrons. The fourth-order valence-corrected chi connectivity index (χ4v) is 1.99. The van der Waals surface area contributed by atoms with Crippen LogP contribution >= 0.6 is 0 Å². The summed E-state index contributed by atoms with van der Waals surface area (Å²) in [4.78, 5) is 13.9. The molecule has 0 radical (unpaired) electrons. The summed E-state index contributed by atoms with van der Waals surface area (Å²) >= 11 is 0. The molecule has 0 aromatic heterocycles. The van der Waals surface area contributed by atoms with Crippen LogP contribution in [0.1, 0.15) is 16.8 Å². The largest absolute Gasteiger partial charge is 1.00 e. The highest BCUT2D eigenvalue weighted by molar-refractivity contribution is 7.90. The van der Waals surface area contributed by atoms with E-state index in [-0.39, 0.29) is 23.1 Å². The molecule has 0 heterocycles. The Hall–Kier alpha value is -0.910. The molecule has 0 amide bonds. The average molecular weight is 291 g/mol. The SMILES string of the molecule is CN(C)CCC(=O)c1ccc(S(C)(=O)=O)cc1.[Cl-]. The maximum Gasteiger partial charge on any atom is 0.175 e. The summed E-state index contributed by atoms with van der Waals surface area (Å²) < 4.78 is 22.5. The number of halogens is 1. The second-order valence-electron chi connectivity index (χ2n) is 4.27. The molecule has 0 N–H and O–H groups in total. The van der Waals surface area contributed by atoms with Gasteiger partial charge >= 0.3 is 0 Å². The molecule has 0 bridgehead atoms. The van der Waals surface area contributed by atoms with E-state index in [0.717, 1.165) is 6.26 Å². The van der Waals surface area contributed by atoms with E-state index >= 15 is 0 Å². The van der Waals surface area contributed by atoms with Crippen LogP contribution in [0.15, 0.2) is 29.2 Å². The summed E-state index contributed by atoms with van der Waals surface area (Å²) in [6, 6.07) is 6.07. The van der Waals surface area contributed by atoms with Crippen LogP contribution in [-0.2, 0) is 9.84 Å². The summed E-state index contributed by atoms with van der Waals surface area (Å²) in [6.45, 7) is 0.687. The van der Waals surface area contributed by atoms with Gasteiger partial charge in [-0.2, -0.15) is 0 Å². The number of hydrogen-bond donors (Lipinski definition) is 0. The lowest BCUT2D eigenvalue weighted by molar-refractivity contribution is -0.0000140. The molecular weight excluding hydrogens is 274 g/mol. The summed E-state index contributed by atoms with van der Waals surface area (Å²) in [5.41, 5.74) is 0.555. The molecule has 0 fully saturated rings. The number of sulfone groups is 1. The molecule has 0 aliphatic rings. The monoisotopic (exact) mass is 290 g/mol. The molecule has 4 nitrogen and oxygen atoms in total. The van der Waals surface area contributed by atoms with E-state index in [1.807, 2.05) is 19.0 Å². The van der Waals surface area contributed by atoms with Crippen molar-refractivity contribution >= 4 is 15.6 Å². The molecule has 0 atom stereocenters. The molecule has 0 saturated heterocycles. The second kappa shape index (κ2) is 6.87. The van der Waals surface area contributed by atoms with E-state index in [1.54, 1.807) is 12.1 Å². The van der Waals surface area contributed by atoms with Crippen LogP contribution in [0.3, 0.4) is 0 Å². The zero-order valence-corrected chi connectivity index (χ0v) is 12.3. The Bertz CT molecular complexity index is 495. The van der Waals surface area contributed by atoms with Crippen LogP contribution in [0.2, 0.25) is 0 Å². The number of rotatable bonds is 5. The smallest absolute Gasteiger partial charge is 0.175 e. The average Bonchev–Trinajstić information content (AvgIpc) is 2.25. The van der Waals surface area contributed by atoms with Crippen molar-refractivity contribution in [3.63, 3.8) is 0 Å². The molecule has 1 rings (SSSR count). The van der Waals surface area contributed by atoms with Crippen molar-refractivity contribution in [2.24, 2.45) is 0 Å². The predicted octanol–water partition coefficient (Wildman–Crippen LogP) is -1.77. The van der Waals surface area contributed by atoms with E-state index in [2.05, 4.69) is 0 Å². The van der Waals surface area contributed by atoms with E-state index < -0.39 is 9.84 Å². The molecule has 0 saturated carbocycles. The highest BCUT2D eigenvalue weighted by Gasteiger charge is 2.09. The van der Waals surface area contributed by atoms with E-state index in [1.165, 1.54) is 12.1 Å². The van der Waals surface area contributed by atoms with Gasteiger partial charge in [0.05, 0.1) is 4.90 Å². The Morgan fingerprint density at radius 2 is 1.67 bits per heavy atom. The van der Waals surface area contributed by atoms with Gasteiger partial charge in [0.15, 0.2) is 15.6 Å². The number of nitrogens with zero attached hydrogens (tertiary/aromatic N) is 1. The van der Waals surface area contributed by atoms with Crippen molar-refractivity contribution < 1.29 is 25.6 Å². The number of carbonyl (C=O) groups is 1. The zero-order valence-electron chi connectivity index (χ0n) is 10.7. The van der Waals surface area contributed by atoms with Gasteiger partial charge < -0.3 is 17.3 Å². The van der Waals surface area contributed by atoms with Crippen LogP contribution in [0.25, 0.3) is 0 Å². The first-order valence-corrected chi connectivity index (χ1v) is 7.18. The number of ketones is 1. The quantitative estimate of drug-likeness (QED) is 0.602. The molecule has 18 heavy (non-hydrogen) atoms. The Morgan fingerprint density at radius 3 is 2.06 bits per heavy atom. The van der Waals surface area contributed by atoms with E-state index in [0.29, 0.717) is 18.5 Å². The van der Waals surface area contributed by atoms with Crippen molar-refractivity contribution in [2.75, 3.05) is 26.9 Å². The molecule has 1 aromatic carbocycles. The number of carbonyl (C=O) groups excluding carboxylic acids is 1. The Labute approximate surface area is 114 Å². The number of Topliss-reactive ketones (excluding diaryl/α,β-unsaturated/α-hetero) is 1. The third-order valence-corrected chi connectivity index (χ3v) is 3.52. The first-order valence-electron chi connectivity index (χ1n) is 5.29. The molecule has 0 aliphatic heterocycles. The Balaban J connectivity index is 0.00000289. The van der Waals surface area contributed by atoms with E-state index in [9.17, 15) is 13.2 Å². The zero-order chi connectivity index (χ0) is 13.1. The Kier molecular flexibility index (Phi) is 6.52.